The summed E-state index contributed by atoms with van der Waals surface area (Å²) in [6, 6.07) is 4.90. The highest BCUT2D eigenvalue weighted by atomic mass is 16.3. The zero-order chi connectivity index (χ0) is 24.0. The number of hydrogen-bond acceptors (Lipinski definition) is 5. The Morgan fingerprint density at radius 1 is 1.21 bits per heavy atom. The summed E-state index contributed by atoms with van der Waals surface area (Å²) >= 11 is 0. The van der Waals surface area contributed by atoms with Crippen molar-refractivity contribution in [3.8, 4) is 11.5 Å². The molecule has 0 aromatic heterocycles. The van der Waals surface area contributed by atoms with Crippen molar-refractivity contribution in [2.24, 2.45) is 5.41 Å². The van der Waals surface area contributed by atoms with Crippen molar-refractivity contribution >= 4 is 19.4 Å². The van der Waals surface area contributed by atoms with Gasteiger partial charge in [-0.2, -0.15) is 0 Å². The molecule has 2 atom stereocenters. The van der Waals surface area contributed by atoms with Crippen LogP contribution in [0.2, 0.25) is 0 Å². The van der Waals surface area contributed by atoms with Crippen molar-refractivity contribution in [2.45, 2.75) is 76.8 Å². The molecular weight excluding hydrogens is 415 g/mol. The minimum atomic E-state index is -0.627. The van der Waals surface area contributed by atoms with E-state index < -0.39 is 5.41 Å². The van der Waals surface area contributed by atoms with Gasteiger partial charge in [-0.1, -0.05) is 39.0 Å². The molecule has 3 N–H and O–H groups in total. The average Bonchev–Trinajstić information content (AvgIpc) is 3.46. The van der Waals surface area contributed by atoms with Gasteiger partial charge in [-0.05, 0) is 67.2 Å². The van der Waals surface area contributed by atoms with Crippen LogP contribution in [0.1, 0.15) is 64.9 Å². The Labute approximate surface area is 197 Å². The summed E-state index contributed by atoms with van der Waals surface area (Å²) in [5, 5.41) is 22.7. The maximum Gasteiger partial charge on any atom is 0.231 e. The normalized spacial score (nSPS) is 23.4. The zero-order valence-electron chi connectivity index (χ0n) is 19.7. The number of phenols is 2. The molecule has 2 aliphatic carbocycles. The van der Waals surface area contributed by atoms with Gasteiger partial charge < -0.3 is 25.2 Å². The number of carbonyl (C=O) groups is 2. The van der Waals surface area contributed by atoms with E-state index >= 15 is 0 Å². The number of allylic oxidation sites excluding steroid dienone is 1. The Balaban J connectivity index is 1.47. The molecule has 0 bridgehead atoms. The molecule has 1 aromatic rings. The summed E-state index contributed by atoms with van der Waals surface area (Å²) in [4.78, 5) is 26.8. The second-order valence-electron chi connectivity index (χ2n) is 10.7. The third-order valence-corrected chi connectivity index (χ3v) is 7.25. The predicted molar refractivity (Wildman–Crippen MR) is 128 cm³/mol. The average molecular weight is 448 g/mol. The van der Waals surface area contributed by atoms with E-state index in [2.05, 4.69) is 43.1 Å². The van der Waals surface area contributed by atoms with Crippen LogP contribution in [-0.4, -0.2) is 53.2 Å². The summed E-state index contributed by atoms with van der Waals surface area (Å²) in [6.07, 6.45) is 8.59. The molecule has 3 aliphatic rings. The van der Waals surface area contributed by atoms with Gasteiger partial charge in [0, 0.05) is 18.3 Å². The van der Waals surface area contributed by atoms with Gasteiger partial charge in [0.15, 0.2) is 19.3 Å². The highest BCUT2D eigenvalue weighted by Crippen LogP contribution is 2.50. The van der Waals surface area contributed by atoms with Gasteiger partial charge >= 0.3 is 0 Å². The SMILES string of the molecule is [B]C(=O)CCCN1C2=CCC(NC(=O)C3(c4ccc(O)c(O)c4)CC3)C=C2CC1C(C)(C)C. The number of fused-ring (bicyclic) bond motifs is 1. The lowest BCUT2D eigenvalue weighted by molar-refractivity contribution is -0.124. The first-order valence-corrected chi connectivity index (χ1v) is 11.8. The number of phenolic OH excluding ortho intramolecular Hbond substituents is 2. The molecule has 174 valence electrons. The number of rotatable bonds is 7. The zero-order valence-corrected chi connectivity index (χ0v) is 19.7. The molecule has 2 radical (unpaired) electrons. The monoisotopic (exact) mass is 448 g/mol. The third-order valence-electron chi connectivity index (χ3n) is 7.25. The van der Waals surface area contributed by atoms with E-state index in [0.29, 0.717) is 18.9 Å². The molecule has 1 amide bonds. The van der Waals surface area contributed by atoms with Crippen LogP contribution in [0, 0.1) is 5.41 Å². The number of aromatic hydroxyl groups is 2. The highest BCUT2D eigenvalue weighted by molar-refractivity contribution is 6.57. The molecule has 2 unspecified atom stereocenters. The van der Waals surface area contributed by atoms with E-state index in [9.17, 15) is 19.8 Å². The van der Waals surface area contributed by atoms with Crippen LogP contribution in [0.15, 0.2) is 41.6 Å². The van der Waals surface area contributed by atoms with Crippen molar-refractivity contribution in [1.82, 2.24) is 10.2 Å². The van der Waals surface area contributed by atoms with Gasteiger partial charge in [0.25, 0.3) is 0 Å². The summed E-state index contributed by atoms with van der Waals surface area (Å²) in [6.45, 7) is 7.50. The fraction of sp³-hybridized carbons (Fsp3) is 0.538. The molecule has 0 spiro atoms. The van der Waals surface area contributed by atoms with E-state index in [4.69, 9.17) is 7.85 Å². The van der Waals surface area contributed by atoms with Crippen molar-refractivity contribution in [3.63, 3.8) is 0 Å². The lowest BCUT2D eigenvalue weighted by Gasteiger charge is -2.37. The van der Waals surface area contributed by atoms with Crippen LogP contribution in [0.3, 0.4) is 0 Å². The van der Waals surface area contributed by atoms with Crippen molar-refractivity contribution < 1.29 is 19.8 Å². The molecule has 6 nitrogen and oxygen atoms in total. The Morgan fingerprint density at radius 2 is 1.94 bits per heavy atom. The lowest BCUT2D eigenvalue weighted by atomic mass is 9.84. The number of nitrogens with one attached hydrogen (secondary N) is 1. The topological polar surface area (TPSA) is 89.9 Å². The molecule has 1 aromatic carbocycles. The van der Waals surface area contributed by atoms with Crippen molar-refractivity contribution in [1.29, 1.82) is 0 Å². The molecule has 1 saturated heterocycles. The van der Waals surface area contributed by atoms with Crippen LogP contribution in [0.4, 0.5) is 0 Å². The van der Waals surface area contributed by atoms with E-state index in [1.165, 1.54) is 23.4 Å². The minimum absolute atomic E-state index is 0.0324. The number of nitrogens with zero attached hydrogens (tertiary/aromatic N) is 1. The second-order valence-corrected chi connectivity index (χ2v) is 10.7. The predicted octanol–water partition coefficient (Wildman–Crippen LogP) is 3.42. The quantitative estimate of drug-likeness (QED) is 0.439. The molecule has 1 saturated carbocycles. The van der Waals surface area contributed by atoms with Gasteiger partial charge in [-0.15, -0.1) is 0 Å². The fourth-order valence-electron chi connectivity index (χ4n) is 5.20. The van der Waals surface area contributed by atoms with E-state index in [1.54, 1.807) is 6.07 Å². The first-order chi connectivity index (χ1) is 15.5. The van der Waals surface area contributed by atoms with Crippen LogP contribution in [0.5, 0.6) is 11.5 Å². The Hall–Kier alpha value is -2.70. The molecule has 4 rings (SSSR count). The smallest absolute Gasteiger partial charge is 0.231 e. The van der Waals surface area contributed by atoms with E-state index in [-0.39, 0.29) is 34.5 Å². The first kappa shape index (κ1) is 23.5. The van der Waals surface area contributed by atoms with Gasteiger partial charge in [0.1, 0.15) is 0 Å². The Morgan fingerprint density at radius 3 is 2.55 bits per heavy atom. The number of carbonyl (C=O) groups excluding carboxylic acids is 2. The van der Waals surface area contributed by atoms with Gasteiger partial charge in [-0.3, -0.25) is 4.79 Å². The van der Waals surface area contributed by atoms with Gasteiger partial charge in [0.2, 0.25) is 5.91 Å². The summed E-state index contributed by atoms with van der Waals surface area (Å²) in [5.74, 6) is -0.413. The molecular formula is C26H33BN2O4. The number of likely N-dealkylation sites (tertiary alicyclic amines) is 1. The molecule has 2 fully saturated rings. The number of benzene rings is 1. The van der Waals surface area contributed by atoms with Gasteiger partial charge in [0.05, 0.1) is 17.1 Å². The minimum Gasteiger partial charge on any atom is -0.504 e. The maximum atomic E-state index is 13.2. The maximum absolute atomic E-state index is 13.2. The van der Waals surface area contributed by atoms with Gasteiger partial charge in [-0.25, -0.2) is 0 Å². The van der Waals surface area contributed by atoms with Crippen LogP contribution in [0.25, 0.3) is 0 Å². The molecule has 1 aliphatic heterocycles. The van der Waals surface area contributed by atoms with E-state index in [0.717, 1.165) is 37.8 Å². The van der Waals surface area contributed by atoms with Crippen LogP contribution >= 0.6 is 0 Å². The standard InChI is InChI=1S/C26H33BN2O4/c1-25(2,3)22-14-16-13-18(7-8-19(16)29(22)12-4-5-23(27)32)28-24(33)26(10-11-26)17-6-9-20(30)21(31)15-17/h6,8-9,13,15,18,22,30-31H,4-5,7,10-12,14H2,1-3H3,(H,28,33). The number of amides is 1. The summed E-state index contributed by atoms with van der Waals surface area (Å²) < 4.78 is 0. The first-order valence-electron chi connectivity index (χ1n) is 11.8. The van der Waals surface area contributed by atoms with Crippen molar-refractivity contribution in [3.05, 3.63) is 47.2 Å². The lowest BCUT2D eigenvalue weighted by Crippen LogP contribution is -2.41. The van der Waals surface area contributed by atoms with E-state index in [1.807, 2.05) is 0 Å². The third kappa shape index (κ3) is 4.68. The highest BCUT2D eigenvalue weighted by Gasteiger charge is 2.52. The molecule has 1 heterocycles. The molecule has 33 heavy (non-hydrogen) atoms. The summed E-state index contributed by atoms with van der Waals surface area (Å²) in [7, 11) is 5.34. The Bertz CT molecular complexity index is 1020. The Kier molecular flexibility index (Phi) is 6.10. The number of hydrogen-bond donors (Lipinski definition) is 3. The second kappa shape index (κ2) is 8.58. The van der Waals surface area contributed by atoms with Crippen LogP contribution < -0.4 is 5.32 Å². The van der Waals surface area contributed by atoms with Crippen molar-refractivity contribution in [2.75, 3.05) is 6.54 Å². The largest absolute Gasteiger partial charge is 0.504 e. The fourth-order valence-corrected chi connectivity index (χ4v) is 5.20. The summed E-state index contributed by atoms with van der Waals surface area (Å²) in [5.41, 5.74) is 2.38. The molecule has 7 heteroatoms. The van der Waals surface area contributed by atoms with Crippen LogP contribution in [-0.2, 0) is 15.0 Å².